The fourth-order valence-corrected chi connectivity index (χ4v) is 6.00. The maximum absolute atomic E-state index is 5.10. The lowest BCUT2D eigenvalue weighted by Crippen LogP contribution is -2.22. The first kappa shape index (κ1) is 24.4. The van der Waals surface area contributed by atoms with Gasteiger partial charge in [0.1, 0.15) is 5.82 Å². The Morgan fingerprint density at radius 1 is 1.03 bits per heavy atom. The SMILES string of the molecule is CCN1CSC=C1C=CC1=NN(c2cc(C)c3ccccc3n2)C(c2ccc(N(CC)CC)cc2)C1. The van der Waals surface area contributed by atoms with Gasteiger partial charge in [0, 0.05) is 42.8 Å². The second-order valence-electron chi connectivity index (χ2n) is 9.26. The fourth-order valence-electron chi connectivity index (χ4n) is 5.01. The lowest BCUT2D eigenvalue weighted by atomic mass is 10.0. The number of hydrazone groups is 1. The summed E-state index contributed by atoms with van der Waals surface area (Å²) in [6, 6.07) is 19.6. The summed E-state index contributed by atoms with van der Waals surface area (Å²) >= 11 is 1.85. The lowest BCUT2D eigenvalue weighted by molar-refractivity contribution is 0.447. The van der Waals surface area contributed by atoms with Crippen LogP contribution in [-0.4, -0.2) is 41.1 Å². The molecule has 0 amide bonds. The van der Waals surface area contributed by atoms with Crippen molar-refractivity contribution in [3.8, 4) is 0 Å². The van der Waals surface area contributed by atoms with Gasteiger partial charge in [0.2, 0.25) is 0 Å². The molecule has 0 saturated carbocycles. The van der Waals surface area contributed by atoms with E-state index >= 15 is 0 Å². The largest absolute Gasteiger partial charge is 0.372 e. The highest BCUT2D eigenvalue weighted by atomic mass is 32.2. The standard InChI is InChI=1S/C30H35N5S/c1-5-33(6-2)25-15-12-23(13-16-25)29-19-24(14-17-26-20-36-21-34(26)7-3)32-35(29)30-18-22(4)27-10-8-9-11-28(27)31-30/h8-18,20,29H,5-7,19,21H2,1-4H3. The number of benzene rings is 2. The van der Waals surface area contributed by atoms with Crippen LogP contribution in [0.1, 0.15) is 44.4 Å². The van der Waals surface area contributed by atoms with Crippen molar-refractivity contribution >= 4 is 39.9 Å². The number of aryl methyl sites for hydroxylation is 1. The third-order valence-electron chi connectivity index (χ3n) is 7.11. The number of anilines is 2. The summed E-state index contributed by atoms with van der Waals surface area (Å²) in [5.41, 5.74) is 7.10. The number of fused-ring (bicyclic) bond motifs is 1. The third-order valence-corrected chi connectivity index (χ3v) is 7.98. The van der Waals surface area contributed by atoms with Crippen LogP contribution in [0.25, 0.3) is 10.9 Å². The van der Waals surface area contributed by atoms with Crippen LogP contribution >= 0.6 is 11.8 Å². The van der Waals surface area contributed by atoms with E-state index in [1.165, 1.54) is 27.9 Å². The molecule has 2 aromatic carbocycles. The predicted molar refractivity (Wildman–Crippen MR) is 156 cm³/mol. The van der Waals surface area contributed by atoms with E-state index in [-0.39, 0.29) is 6.04 Å². The highest BCUT2D eigenvalue weighted by Gasteiger charge is 2.30. The molecule has 2 aliphatic heterocycles. The second-order valence-corrected chi connectivity index (χ2v) is 10.1. The summed E-state index contributed by atoms with van der Waals surface area (Å²) < 4.78 is 0. The van der Waals surface area contributed by atoms with Crippen molar-refractivity contribution < 1.29 is 0 Å². The molecule has 0 saturated heterocycles. The molecule has 0 spiro atoms. The number of pyridine rings is 1. The maximum atomic E-state index is 5.10. The topological polar surface area (TPSA) is 35.0 Å². The zero-order chi connectivity index (χ0) is 25.1. The number of nitrogens with zero attached hydrogens (tertiary/aromatic N) is 5. The van der Waals surface area contributed by atoms with Gasteiger partial charge in [-0.3, -0.25) is 0 Å². The molecular formula is C30H35N5S. The quantitative estimate of drug-likeness (QED) is 0.331. The van der Waals surface area contributed by atoms with Gasteiger partial charge in [0.25, 0.3) is 0 Å². The van der Waals surface area contributed by atoms with E-state index in [0.717, 1.165) is 49.0 Å². The van der Waals surface area contributed by atoms with E-state index in [0.29, 0.717) is 0 Å². The Morgan fingerprint density at radius 2 is 1.81 bits per heavy atom. The summed E-state index contributed by atoms with van der Waals surface area (Å²) in [5, 5.41) is 10.7. The van der Waals surface area contributed by atoms with Gasteiger partial charge in [-0.15, -0.1) is 11.8 Å². The van der Waals surface area contributed by atoms with Crippen LogP contribution in [-0.2, 0) is 0 Å². The molecule has 3 heterocycles. The summed E-state index contributed by atoms with van der Waals surface area (Å²) in [5.74, 6) is 1.93. The number of allylic oxidation sites excluding steroid dienone is 2. The molecule has 5 rings (SSSR count). The van der Waals surface area contributed by atoms with Crippen LogP contribution in [0.4, 0.5) is 11.5 Å². The number of hydrogen-bond acceptors (Lipinski definition) is 6. The highest BCUT2D eigenvalue weighted by molar-refractivity contribution is 8.02. The normalized spacial score (nSPS) is 17.8. The smallest absolute Gasteiger partial charge is 0.150 e. The summed E-state index contributed by atoms with van der Waals surface area (Å²) in [4.78, 5) is 9.79. The average molecular weight is 498 g/mol. The molecule has 6 heteroatoms. The number of rotatable bonds is 8. The van der Waals surface area contributed by atoms with E-state index < -0.39 is 0 Å². The van der Waals surface area contributed by atoms with Crippen LogP contribution in [0.3, 0.4) is 0 Å². The van der Waals surface area contributed by atoms with Gasteiger partial charge in [0.05, 0.1) is 23.1 Å². The Labute approximate surface area is 219 Å². The van der Waals surface area contributed by atoms with Crippen molar-refractivity contribution in [3.63, 3.8) is 0 Å². The average Bonchev–Trinajstić information content (AvgIpc) is 3.55. The predicted octanol–water partition coefficient (Wildman–Crippen LogP) is 7.12. The molecule has 186 valence electrons. The molecule has 0 bridgehead atoms. The Balaban J connectivity index is 1.50. The molecule has 36 heavy (non-hydrogen) atoms. The fraction of sp³-hybridized carbons (Fsp3) is 0.333. The van der Waals surface area contributed by atoms with E-state index in [1.807, 2.05) is 11.8 Å². The molecule has 1 atom stereocenters. The minimum Gasteiger partial charge on any atom is -0.372 e. The van der Waals surface area contributed by atoms with Crippen LogP contribution < -0.4 is 9.91 Å². The molecule has 0 fully saturated rings. The molecule has 3 aromatic rings. The summed E-state index contributed by atoms with van der Waals surface area (Å²) in [6.45, 7) is 11.8. The van der Waals surface area contributed by atoms with E-state index in [1.54, 1.807) is 0 Å². The Morgan fingerprint density at radius 3 is 2.56 bits per heavy atom. The Bertz CT molecular complexity index is 1310. The van der Waals surface area contributed by atoms with Gasteiger partial charge in [-0.1, -0.05) is 30.3 Å². The molecular weight excluding hydrogens is 462 g/mol. The monoisotopic (exact) mass is 497 g/mol. The van der Waals surface area contributed by atoms with Gasteiger partial charge in [0.15, 0.2) is 0 Å². The Hall–Kier alpha value is -3.25. The van der Waals surface area contributed by atoms with Gasteiger partial charge in [-0.05, 0) is 80.6 Å². The number of likely N-dealkylation sites (N-methyl/N-ethyl adjacent to an activating group) is 1. The molecule has 1 unspecified atom stereocenters. The zero-order valence-corrected chi connectivity index (χ0v) is 22.5. The van der Waals surface area contributed by atoms with E-state index in [2.05, 4.69) is 115 Å². The van der Waals surface area contributed by atoms with Crippen molar-refractivity contribution in [1.82, 2.24) is 9.88 Å². The van der Waals surface area contributed by atoms with E-state index in [4.69, 9.17) is 10.1 Å². The number of para-hydroxylation sites is 1. The molecule has 0 N–H and O–H groups in total. The summed E-state index contributed by atoms with van der Waals surface area (Å²) in [7, 11) is 0. The summed E-state index contributed by atoms with van der Waals surface area (Å²) in [6.07, 6.45) is 5.25. The van der Waals surface area contributed by atoms with Crippen molar-refractivity contribution in [2.45, 2.75) is 40.2 Å². The van der Waals surface area contributed by atoms with Crippen LogP contribution in [0.5, 0.6) is 0 Å². The molecule has 2 aliphatic rings. The first-order valence-electron chi connectivity index (χ1n) is 12.9. The van der Waals surface area contributed by atoms with Crippen molar-refractivity contribution in [1.29, 1.82) is 0 Å². The van der Waals surface area contributed by atoms with Crippen LogP contribution in [0.15, 0.2) is 83.0 Å². The van der Waals surface area contributed by atoms with Gasteiger partial charge in [-0.2, -0.15) is 5.10 Å². The van der Waals surface area contributed by atoms with Gasteiger partial charge in [-0.25, -0.2) is 9.99 Å². The minimum absolute atomic E-state index is 0.109. The van der Waals surface area contributed by atoms with Crippen LogP contribution in [0, 0.1) is 6.92 Å². The molecule has 5 nitrogen and oxygen atoms in total. The van der Waals surface area contributed by atoms with Crippen LogP contribution in [0.2, 0.25) is 0 Å². The molecule has 0 aliphatic carbocycles. The highest BCUT2D eigenvalue weighted by Crippen LogP contribution is 2.37. The Kier molecular flexibility index (Phi) is 7.33. The van der Waals surface area contributed by atoms with Gasteiger partial charge < -0.3 is 9.80 Å². The molecule has 1 aromatic heterocycles. The third kappa shape index (κ3) is 4.87. The molecule has 0 radical (unpaired) electrons. The van der Waals surface area contributed by atoms with Crippen molar-refractivity contribution in [3.05, 3.63) is 89.0 Å². The zero-order valence-electron chi connectivity index (χ0n) is 21.7. The van der Waals surface area contributed by atoms with Gasteiger partial charge >= 0.3 is 0 Å². The van der Waals surface area contributed by atoms with Crippen molar-refractivity contribution in [2.24, 2.45) is 5.10 Å². The number of aromatic nitrogens is 1. The first-order valence-corrected chi connectivity index (χ1v) is 14.0. The van der Waals surface area contributed by atoms with Crippen molar-refractivity contribution in [2.75, 3.05) is 35.4 Å². The first-order chi connectivity index (χ1) is 17.6. The maximum Gasteiger partial charge on any atom is 0.150 e. The number of hydrogen-bond donors (Lipinski definition) is 0. The lowest BCUT2D eigenvalue weighted by Gasteiger charge is -2.25. The number of thioether (sulfide) groups is 1. The second kappa shape index (κ2) is 10.8. The minimum atomic E-state index is 0.109. The van der Waals surface area contributed by atoms with E-state index in [9.17, 15) is 0 Å².